The topological polar surface area (TPSA) is 93.7 Å². The van der Waals surface area contributed by atoms with E-state index in [0.717, 1.165) is 17.7 Å². The molecule has 1 rings (SSSR count). The van der Waals surface area contributed by atoms with Crippen LogP contribution in [0.5, 0.6) is 5.75 Å². The lowest BCUT2D eigenvalue weighted by Crippen LogP contribution is -2.43. The number of amides is 2. The molecule has 0 atom stereocenters. The molecule has 8 heteroatoms. The summed E-state index contributed by atoms with van der Waals surface area (Å²) in [6, 6.07) is 4.99. The van der Waals surface area contributed by atoms with Gasteiger partial charge in [0.15, 0.2) is 6.61 Å². The molecule has 1 aromatic carbocycles. The van der Waals surface area contributed by atoms with E-state index in [4.69, 9.17) is 16.3 Å². The molecule has 0 bridgehead atoms. The number of hydrogen-bond donors (Lipinski definition) is 2. The number of nitrogens with one attached hydrogen (secondary N) is 2. The van der Waals surface area contributed by atoms with Crippen LogP contribution in [0, 0.1) is 6.92 Å². The first-order valence-electron chi connectivity index (χ1n) is 6.75. The fourth-order valence-corrected chi connectivity index (χ4v) is 1.69. The zero-order chi connectivity index (χ0) is 17.2. The molecule has 0 aromatic heterocycles. The van der Waals surface area contributed by atoms with Gasteiger partial charge in [-0.1, -0.05) is 11.6 Å². The van der Waals surface area contributed by atoms with Crippen molar-refractivity contribution in [2.75, 3.05) is 13.2 Å². The van der Waals surface area contributed by atoms with Crippen LogP contribution in [-0.4, -0.2) is 31.0 Å². The summed E-state index contributed by atoms with van der Waals surface area (Å²) in [5.74, 6) is -1.36. The molecule has 124 valence electrons. The van der Waals surface area contributed by atoms with Crippen LogP contribution < -0.4 is 15.6 Å². The van der Waals surface area contributed by atoms with Gasteiger partial charge in [0.25, 0.3) is 11.8 Å². The molecule has 0 heterocycles. The second kappa shape index (κ2) is 9.47. The number of aryl methyl sites for hydroxylation is 1. The SMILES string of the molecule is CCOC(=O)/C=C\C(=O)NNC(=O)COc1ccc(Cl)cc1C. The zero-order valence-corrected chi connectivity index (χ0v) is 13.5. The standard InChI is InChI=1S/C15H17ClN2O5/c1-3-22-15(21)7-6-13(19)17-18-14(20)9-23-12-5-4-11(16)8-10(12)2/h4-8H,3,9H2,1-2H3,(H,17,19)(H,18,20)/b7-6-. The first-order valence-corrected chi connectivity index (χ1v) is 7.12. The van der Waals surface area contributed by atoms with Gasteiger partial charge in [0.05, 0.1) is 6.61 Å². The van der Waals surface area contributed by atoms with E-state index >= 15 is 0 Å². The molecule has 0 fully saturated rings. The fraction of sp³-hybridized carbons (Fsp3) is 0.267. The number of halogens is 1. The third kappa shape index (κ3) is 7.32. The summed E-state index contributed by atoms with van der Waals surface area (Å²) in [5, 5.41) is 0.569. The van der Waals surface area contributed by atoms with E-state index < -0.39 is 17.8 Å². The molecule has 0 aliphatic carbocycles. The minimum Gasteiger partial charge on any atom is -0.483 e. The lowest BCUT2D eigenvalue weighted by atomic mass is 10.2. The van der Waals surface area contributed by atoms with Crippen LogP contribution in [-0.2, 0) is 19.1 Å². The van der Waals surface area contributed by atoms with Gasteiger partial charge >= 0.3 is 5.97 Å². The summed E-state index contributed by atoms with van der Waals surface area (Å²) in [7, 11) is 0. The largest absolute Gasteiger partial charge is 0.483 e. The van der Waals surface area contributed by atoms with Crippen molar-refractivity contribution >= 4 is 29.4 Å². The number of hydrogen-bond acceptors (Lipinski definition) is 5. The summed E-state index contributed by atoms with van der Waals surface area (Å²) >= 11 is 5.81. The van der Waals surface area contributed by atoms with E-state index in [1.807, 2.05) is 0 Å². The number of hydrazine groups is 1. The van der Waals surface area contributed by atoms with Gasteiger partial charge in [0.2, 0.25) is 0 Å². The van der Waals surface area contributed by atoms with Crippen LogP contribution in [0.1, 0.15) is 12.5 Å². The molecular formula is C15H17ClN2O5. The maximum Gasteiger partial charge on any atom is 0.330 e. The van der Waals surface area contributed by atoms with Crippen molar-refractivity contribution < 1.29 is 23.9 Å². The summed E-state index contributed by atoms with van der Waals surface area (Å²) in [4.78, 5) is 33.9. The normalized spacial score (nSPS) is 10.2. The van der Waals surface area contributed by atoms with Crippen LogP contribution in [0.15, 0.2) is 30.4 Å². The summed E-state index contributed by atoms with van der Waals surface area (Å²) in [5.41, 5.74) is 5.04. The number of carbonyl (C=O) groups is 3. The van der Waals surface area contributed by atoms with Crippen molar-refractivity contribution in [2.45, 2.75) is 13.8 Å². The first kappa shape index (κ1) is 18.5. The Morgan fingerprint density at radius 1 is 1.22 bits per heavy atom. The first-order chi connectivity index (χ1) is 10.9. The van der Waals surface area contributed by atoms with Crippen molar-refractivity contribution in [3.63, 3.8) is 0 Å². The maximum absolute atomic E-state index is 11.5. The van der Waals surface area contributed by atoms with Crippen molar-refractivity contribution in [3.8, 4) is 5.75 Å². The zero-order valence-electron chi connectivity index (χ0n) is 12.7. The second-order valence-corrected chi connectivity index (χ2v) is 4.76. The van der Waals surface area contributed by atoms with Crippen molar-refractivity contribution in [1.29, 1.82) is 0 Å². The van der Waals surface area contributed by atoms with Crippen molar-refractivity contribution in [2.24, 2.45) is 0 Å². The summed E-state index contributed by atoms with van der Waals surface area (Å²) in [6.07, 6.45) is 1.90. The summed E-state index contributed by atoms with van der Waals surface area (Å²) < 4.78 is 9.90. The molecule has 0 aliphatic rings. The number of carbonyl (C=O) groups excluding carboxylic acids is 3. The molecular weight excluding hydrogens is 324 g/mol. The number of esters is 1. The minimum atomic E-state index is -0.672. The van der Waals surface area contributed by atoms with Crippen LogP contribution >= 0.6 is 11.6 Å². The third-order valence-electron chi connectivity index (χ3n) is 2.48. The van der Waals surface area contributed by atoms with Gasteiger partial charge in [0.1, 0.15) is 5.75 Å². The molecule has 1 aromatic rings. The van der Waals surface area contributed by atoms with E-state index in [0.29, 0.717) is 10.8 Å². The smallest absolute Gasteiger partial charge is 0.330 e. The molecule has 0 saturated heterocycles. The Morgan fingerprint density at radius 2 is 1.96 bits per heavy atom. The number of benzene rings is 1. The van der Waals surface area contributed by atoms with E-state index in [2.05, 4.69) is 15.6 Å². The molecule has 0 aliphatic heterocycles. The lowest BCUT2D eigenvalue weighted by Gasteiger charge is -2.09. The van der Waals surface area contributed by atoms with Gasteiger partial charge < -0.3 is 9.47 Å². The molecule has 0 saturated carbocycles. The highest BCUT2D eigenvalue weighted by molar-refractivity contribution is 6.30. The molecule has 0 spiro atoms. The Hall–Kier alpha value is -2.54. The maximum atomic E-state index is 11.5. The van der Waals surface area contributed by atoms with Crippen molar-refractivity contribution in [3.05, 3.63) is 40.9 Å². The van der Waals surface area contributed by atoms with E-state index in [9.17, 15) is 14.4 Å². The van der Waals surface area contributed by atoms with Gasteiger partial charge in [-0.2, -0.15) is 0 Å². The summed E-state index contributed by atoms with van der Waals surface area (Å²) in [6.45, 7) is 3.36. The predicted octanol–water partition coefficient (Wildman–Crippen LogP) is 1.29. The fourth-order valence-electron chi connectivity index (χ4n) is 1.46. The highest BCUT2D eigenvalue weighted by Gasteiger charge is 2.06. The van der Waals surface area contributed by atoms with Gasteiger partial charge in [-0.05, 0) is 37.6 Å². The molecule has 0 radical (unpaired) electrons. The second-order valence-electron chi connectivity index (χ2n) is 4.32. The molecule has 0 unspecified atom stereocenters. The Morgan fingerprint density at radius 3 is 2.61 bits per heavy atom. The van der Waals surface area contributed by atoms with E-state index in [1.165, 1.54) is 0 Å². The van der Waals surface area contributed by atoms with Crippen molar-refractivity contribution in [1.82, 2.24) is 10.9 Å². The van der Waals surface area contributed by atoms with Crippen LogP contribution in [0.25, 0.3) is 0 Å². The lowest BCUT2D eigenvalue weighted by molar-refractivity contribution is -0.137. The minimum absolute atomic E-state index is 0.211. The Kier molecular flexibility index (Phi) is 7.62. The van der Waals surface area contributed by atoms with Gasteiger partial charge in [-0.25, -0.2) is 4.79 Å². The van der Waals surface area contributed by atoms with Crippen LogP contribution in [0.2, 0.25) is 5.02 Å². The third-order valence-corrected chi connectivity index (χ3v) is 2.71. The quantitative estimate of drug-likeness (QED) is 0.462. The molecule has 2 N–H and O–H groups in total. The number of ether oxygens (including phenoxy) is 2. The molecule has 23 heavy (non-hydrogen) atoms. The average Bonchev–Trinajstić information content (AvgIpc) is 2.50. The van der Waals surface area contributed by atoms with E-state index in [-0.39, 0.29) is 13.2 Å². The monoisotopic (exact) mass is 340 g/mol. The van der Waals surface area contributed by atoms with Crippen LogP contribution in [0.4, 0.5) is 0 Å². The highest BCUT2D eigenvalue weighted by Crippen LogP contribution is 2.21. The predicted molar refractivity (Wildman–Crippen MR) is 83.7 cm³/mol. The Balaban J connectivity index is 2.34. The molecule has 7 nitrogen and oxygen atoms in total. The number of rotatable bonds is 6. The van der Waals surface area contributed by atoms with Gasteiger partial charge in [0, 0.05) is 17.2 Å². The Bertz CT molecular complexity index is 616. The van der Waals surface area contributed by atoms with E-state index in [1.54, 1.807) is 32.0 Å². The molecule has 2 amide bonds. The highest BCUT2D eigenvalue weighted by atomic mass is 35.5. The average molecular weight is 341 g/mol. The Labute approximate surface area is 138 Å². The van der Waals surface area contributed by atoms with Gasteiger partial charge in [-0.15, -0.1) is 0 Å². The van der Waals surface area contributed by atoms with Crippen LogP contribution in [0.3, 0.4) is 0 Å². The van der Waals surface area contributed by atoms with Gasteiger partial charge in [-0.3, -0.25) is 20.4 Å².